The molecule has 0 spiro atoms. The van der Waals surface area contributed by atoms with Gasteiger partial charge in [-0.1, -0.05) is 60.7 Å². The molecule has 0 bridgehead atoms. The minimum absolute atomic E-state index is 0.0331. The summed E-state index contributed by atoms with van der Waals surface area (Å²) in [6, 6.07) is 21.0. The first kappa shape index (κ1) is 15.6. The van der Waals surface area contributed by atoms with Crippen LogP contribution in [0.3, 0.4) is 0 Å². The molecule has 0 saturated carbocycles. The molecule has 0 radical (unpaired) electrons. The fourth-order valence-electron chi connectivity index (χ4n) is 2.34. The third-order valence-corrected chi connectivity index (χ3v) is 3.63. The van der Waals surface area contributed by atoms with E-state index < -0.39 is 11.5 Å². The zero-order valence-corrected chi connectivity index (χ0v) is 12.8. The third-order valence-electron chi connectivity index (χ3n) is 3.63. The molecule has 0 atom stereocenters. The Labute approximate surface area is 139 Å². The van der Waals surface area contributed by atoms with E-state index in [2.05, 4.69) is 0 Å². The highest BCUT2D eigenvalue weighted by Gasteiger charge is 2.19. The molecule has 0 aliphatic rings. The van der Waals surface area contributed by atoms with E-state index in [-0.39, 0.29) is 23.7 Å². The Morgan fingerprint density at radius 2 is 1.42 bits per heavy atom. The largest absolute Gasteiger partial charge is 0.504 e. The van der Waals surface area contributed by atoms with E-state index in [0.29, 0.717) is 5.56 Å². The van der Waals surface area contributed by atoms with Crippen LogP contribution < -0.4 is 4.74 Å². The van der Waals surface area contributed by atoms with Gasteiger partial charge in [-0.25, -0.2) is 0 Å². The number of ether oxygens (including phenoxy) is 1. The Balaban J connectivity index is 1.82. The van der Waals surface area contributed by atoms with E-state index in [1.165, 1.54) is 12.1 Å². The normalized spacial score (nSPS) is 10.3. The van der Waals surface area contributed by atoms with Crippen molar-refractivity contribution < 1.29 is 19.7 Å². The molecule has 0 amide bonds. The number of rotatable bonds is 5. The van der Waals surface area contributed by atoms with Gasteiger partial charge in [0.2, 0.25) is 5.75 Å². The minimum Gasteiger partial charge on any atom is -0.504 e. The van der Waals surface area contributed by atoms with Gasteiger partial charge in [0.1, 0.15) is 6.61 Å². The molecule has 0 unspecified atom stereocenters. The lowest BCUT2D eigenvalue weighted by Gasteiger charge is -2.11. The highest BCUT2D eigenvalue weighted by molar-refractivity contribution is 6.11. The molecule has 0 aromatic heterocycles. The zero-order chi connectivity index (χ0) is 16.9. The van der Waals surface area contributed by atoms with Crippen LogP contribution >= 0.6 is 0 Å². The predicted molar refractivity (Wildman–Crippen MR) is 90.4 cm³/mol. The van der Waals surface area contributed by atoms with Crippen LogP contribution in [-0.4, -0.2) is 16.0 Å². The summed E-state index contributed by atoms with van der Waals surface area (Å²) in [6.45, 7) is 0.250. The maximum absolute atomic E-state index is 12.4. The molecule has 24 heavy (non-hydrogen) atoms. The van der Waals surface area contributed by atoms with E-state index in [1.807, 2.05) is 30.3 Å². The van der Waals surface area contributed by atoms with Gasteiger partial charge >= 0.3 is 0 Å². The first-order valence-corrected chi connectivity index (χ1v) is 7.48. The molecule has 4 heteroatoms. The topological polar surface area (TPSA) is 66.8 Å². The standard InChI is InChI=1S/C20H16O4/c21-18(15-9-5-2-6-10-15)16-11-12-17(20(23)19(16)22)24-13-14-7-3-1-4-8-14/h1-12,22-23H,13H2. The lowest BCUT2D eigenvalue weighted by molar-refractivity contribution is 0.103. The second kappa shape index (κ2) is 6.87. The molecule has 0 fully saturated rings. The summed E-state index contributed by atoms with van der Waals surface area (Å²) in [5.41, 5.74) is 1.40. The van der Waals surface area contributed by atoms with E-state index in [9.17, 15) is 15.0 Å². The van der Waals surface area contributed by atoms with Crippen LogP contribution in [0.1, 0.15) is 21.5 Å². The molecule has 0 aliphatic carbocycles. The van der Waals surface area contributed by atoms with E-state index in [4.69, 9.17) is 4.74 Å². The van der Waals surface area contributed by atoms with Crippen molar-refractivity contribution in [2.24, 2.45) is 0 Å². The summed E-state index contributed by atoms with van der Waals surface area (Å²) < 4.78 is 5.52. The molecule has 0 aliphatic heterocycles. The number of phenols is 2. The number of carbonyl (C=O) groups is 1. The predicted octanol–water partition coefficient (Wildman–Crippen LogP) is 3.91. The highest BCUT2D eigenvalue weighted by Crippen LogP contribution is 2.39. The van der Waals surface area contributed by atoms with Crippen molar-refractivity contribution >= 4 is 5.78 Å². The molecule has 3 aromatic carbocycles. The fraction of sp³-hybridized carbons (Fsp3) is 0.0500. The van der Waals surface area contributed by atoms with Crippen molar-refractivity contribution in [1.29, 1.82) is 0 Å². The number of carbonyl (C=O) groups excluding carboxylic acids is 1. The maximum Gasteiger partial charge on any atom is 0.201 e. The number of phenolic OH excluding ortho intramolecular Hbond substituents is 2. The fourth-order valence-corrected chi connectivity index (χ4v) is 2.34. The Morgan fingerprint density at radius 3 is 2.08 bits per heavy atom. The van der Waals surface area contributed by atoms with Crippen molar-refractivity contribution in [3.8, 4) is 17.2 Å². The Morgan fingerprint density at radius 1 is 0.792 bits per heavy atom. The van der Waals surface area contributed by atoms with Gasteiger partial charge in [0.05, 0.1) is 5.56 Å². The number of hydrogen-bond donors (Lipinski definition) is 2. The number of aromatic hydroxyl groups is 2. The average Bonchev–Trinajstić information content (AvgIpc) is 2.64. The summed E-state index contributed by atoms with van der Waals surface area (Å²) in [7, 11) is 0. The Bertz CT molecular complexity index is 842. The maximum atomic E-state index is 12.4. The molecule has 3 aromatic rings. The SMILES string of the molecule is O=C(c1ccccc1)c1ccc(OCc2ccccc2)c(O)c1O. The molecule has 0 heterocycles. The quantitative estimate of drug-likeness (QED) is 0.552. The van der Waals surface area contributed by atoms with Crippen molar-refractivity contribution in [3.63, 3.8) is 0 Å². The molecular weight excluding hydrogens is 304 g/mol. The van der Waals surface area contributed by atoms with Gasteiger partial charge in [-0.05, 0) is 17.7 Å². The smallest absolute Gasteiger partial charge is 0.201 e. The molecule has 120 valence electrons. The van der Waals surface area contributed by atoms with E-state index in [0.717, 1.165) is 5.56 Å². The van der Waals surface area contributed by atoms with Gasteiger partial charge in [-0.2, -0.15) is 0 Å². The Kier molecular flexibility index (Phi) is 4.47. The van der Waals surface area contributed by atoms with E-state index >= 15 is 0 Å². The second-order valence-electron chi connectivity index (χ2n) is 5.28. The lowest BCUT2D eigenvalue weighted by atomic mass is 10.0. The van der Waals surface area contributed by atoms with E-state index in [1.54, 1.807) is 30.3 Å². The summed E-state index contributed by atoms with van der Waals surface area (Å²) in [5, 5.41) is 20.3. The van der Waals surface area contributed by atoms with Crippen LogP contribution in [0.25, 0.3) is 0 Å². The second-order valence-corrected chi connectivity index (χ2v) is 5.28. The van der Waals surface area contributed by atoms with Crippen LogP contribution in [0.15, 0.2) is 72.8 Å². The summed E-state index contributed by atoms with van der Waals surface area (Å²) in [6.07, 6.45) is 0. The van der Waals surface area contributed by atoms with Crippen molar-refractivity contribution in [2.75, 3.05) is 0 Å². The number of hydrogen-bond acceptors (Lipinski definition) is 4. The first-order valence-electron chi connectivity index (χ1n) is 7.48. The molecule has 0 saturated heterocycles. The first-order chi connectivity index (χ1) is 11.7. The highest BCUT2D eigenvalue weighted by atomic mass is 16.5. The number of benzene rings is 3. The van der Waals surface area contributed by atoms with Crippen LogP contribution in [0.5, 0.6) is 17.2 Å². The zero-order valence-electron chi connectivity index (χ0n) is 12.8. The molecule has 2 N–H and O–H groups in total. The lowest BCUT2D eigenvalue weighted by Crippen LogP contribution is -2.02. The van der Waals surface area contributed by atoms with Gasteiger partial charge in [0, 0.05) is 5.56 Å². The number of ketones is 1. The van der Waals surface area contributed by atoms with Crippen LogP contribution in [0.2, 0.25) is 0 Å². The minimum atomic E-state index is -0.477. The van der Waals surface area contributed by atoms with Crippen LogP contribution in [0.4, 0.5) is 0 Å². The van der Waals surface area contributed by atoms with Gasteiger partial charge in [0.25, 0.3) is 0 Å². The summed E-state index contributed by atoms with van der Waals surface area (Å²) in [5.74, 6) is -1.15. The van der Waals surface area contributed by atoms with Crippen LogP contribution in [0, 0.1) is 0 Å². The van der Waals surface area contributed by atoms with Crippen molar-refractivity contribution in [2.45, 2.75) is 6.61 Å². The van der Waals surface area contributed by atoms with Crippen molar-refractivity contribution in [1.82, 2.24) is 0 Å². The van der Waals surface area contributed by atoms with Gasteiger partial charge in [-0.15, -0.1) is 0 Å². The third kappa shape index (κ3) is 3.22. The van der Waals surface area contributed by atoms with Gasteiger partial charge in [0.15, 0.2) is 17.3 Å². The van der Waals surface area contributed by atoms with Crippen molar-refractivity contribution in [3.05, 3.63) is 89.5 Å². The summed E-state index contributed by atoms with van der Waals surface area (Å²) in [4.78, 5) is 12.4. The Hall–Kier alpha value is -3.27. The molecular formula is C20H16O4. The molecule has 3 rings (SSSR count). The van der Waals surface area contributed by atoms with Crippen LogP contribution in [-0.2, 0) is 6.61 Å². The monoisotopic (exact) mass is 320 g/mol. The average molecular weight is 320 g/mol. The van der Waals surface area contributed by atoms with Gasteiger partial charge in [-0.3, -0.25) is 4.79 Å². The van der Waals surface area contributed by atoms with Gasteiger partial charge < -0.3 is 14.9 Å². The summed E-state index contributed by atoms with van der Waals surface area (Å²) >= 11 is 0. The molecule has 4 nitrogen and oxygen atoms in total.